The van der Waals surface area contributed by atoms with Gasteiger partial charge in [-0.15, -0.1) is 0 Å². The zero-order valence-electron chi connectivity index (χ0n) is 34.5. The standard InChI is InChI=1S/C54H36N10/c1-35-34-41-26-14-16-28-44(41)64(45-29-17-15-27-43(35)45)42-32-30-40(31-33-42)50-61-53(51-57-46(36-18-6-2-7-19-36)55-47(58-51)37-20-8-3-9-21-37)63-54(62-50)52-59-48(38-22-10-4-11-23-38)56-49(60-52)39-24-12-5-13-25-39/h2-34H,1H3. The first-order valence-corrected chi connectivity index (χ1v) is 20.9. The van der Waals surface area contributed by atoms with Crippen LogP contribution in [-0.2, 0) is 0 Å². The number of fused-ring (bicyclic) bond motifs is 2. The van der Waals surface area contributed by atoms with Crippen molar-refractivity contribution in [2.75, 3.05) is 4.90 Å². The van der Waals surface area contributed by atoms with Gasteiger partial charge in [0, 0.05) is 39.1 Å². The fourth-order valence-electron chi connectivity index (χ4n) is 7.82. The van der Waals surface area contributed by atoms with E-state index in [1.165, 1.54) is 11.1 Å². The summed E-state index contributed by atoms with van der Waals surface area (Å²) in [6.45, 7) is 2.16. The lowest BCUT2D eigenvalue weighted by molar-refractivity contribution is 0.978. The van der Waals surface area contributed by atoms with Crippen LogP contribution in [0.4, 0.5) is 17.1 Å². The largest absolute Gasteiger partial charge is 0.309 e. The van der Waals surface area contributed by atoms with Crippen molar-refractivity contribution in [1.82, 2.24) is 44.9 Å². The van der Waals surface area contributed by atoms with Crippen molar-refractivity contribution >= 4 is 28.7 Å². The molecule has 0 saturated heterocycles. The number of hydrogen-bond acceptors (Lipinski definition) is 10. The maximum Gasteiger partial charge on any atom is 0.202 e. The highest BCUT2D eigenvalue weighted by atomic mass is 15.2. The predicted molar refractivity (Wildman–Crippen MR) is 253 cm³/mol. The molecule has 302 valence electrons. The number of allylic oxidation sites excluding steroid dienone is 1. The zero-order chi connectivity index (χ0) is 42.8. The van der Waals surface area contributed by atoms with Crippen molar-refractivity contribution in [2.24, 2.45) is 0 Å². The summed E-state index contributed by atoms with van der Waals surface area (Å²) in [4.78, 5) is 47.4. The first-order chi connectivity index (χ1) is 31.6. The van der Waals surface area contributed by atoms with E-state index in [0.29, 0.717) is 29.1 Å². The van der Waals surface area contributed by atoms with E-state index in [9.17, 15) is 0 Å². The molecule has 1 aliphatic heterocycles. The molecule has 0 atom stereocenters. The van der Waals surface area contributed by atoms with Crippen LogP contribution in [0.5, 0.6) is 0 Å². The SMILES string of the molecule is CC1=Cc2ccccc2N(c2ccc(-c3nc(-c4nc(-c5ccccc5)nc(-c5ccccc5)n4)nc(-c4nc(-c5ccccc5)nc(-c5ccccc5)n4)n3)cc2)c2ccccc21. The minimum absolute atomic E-state index is 0.237. The lowest BCUT2D eigenvalue weighted by Crippen LogP contribution is -2.11. The summed E-state index contributed by atoms with van der Waals surface area (Å²) in [7, 11) is 0. The Morgan fingerprint density at radius 1 is 0.281 bits per heavy atom. The fourth-order valence-corrected chi connectivity index (χ4v) is 7.82. The topological polar surface area (TPSA) is 119 Å². The Bertz CT molecular complexity index is 3070. The number of anilines is 3. The number of benzene rings is 7. The quantitative estimate of drug-likeness (QED) is 0.146. The van der Waals surface area contributed by atoms with Crippen LogP contribution in [0.2, 0.25) is 0 Å². The minimum Gasteiger partial charge on any atom is -0.309 e. The van der Waals surface area contributed by atoms with E-state index in [4.69, 9.17) is 44.9 Å². The van der Waals surface area contributed by atoms with Crippen molar-refractivity contribution in [2.45, 2.75) is 6.92 Å². The molecule has 0 unspecified atom stereocenters. The van der Waals surface area contributed by atoms with Crippen LogP contribution in [0.15, 0.2) is 194 Å². The van der Waals surface area contributed by atoms with Gasteiger partial charge in [-0.3, -0.25) is 0 Å². The summed E-state index contributed by atoms with van der Waals surface area (Å²) in [5.74, 6) is 3.35. The van der Waals surface area contributed by atoms with E-state index in [0.717, 1.165) is 50.4 Å². The minimum atomic E-state index is 0.237. The number of rotatable bonds is 8. The number of para-hydroxylation sites is 2. The fraction of sp³-hybridized carbons (Fsp3) is 0.0185. The average molecular weight is 825 g/mol. The summed E-state index contributed by atoms with van der Waals surface area (Å²) in [6.07, 6.45) is 2.25. The van der Waals surface area contributed by atoms with Gasteiger partial charge in [0.25, 0.3) is 0 Å². The molecule has 0 N–H and O–H groups in total. The molecule has 4 heterocycles. The molecule has 0 saturated carbocycles. The van der Waals surface area contributed by atoms with Crippen LogP contribution in [-0.4, -0.2) is 44.9 Å². The van der Waals surface area contributed by atoms with Crippen molar-refractivity contribution in [3.63, 3.8) is 0 Å². The summed E-state index contributed by atoms with van der Waals surface area (Å²) < 4.78 is 0. The summed E-state index contributed by atoms with van der Waals surface area (Å²) in [5, 5.41) is 0. The molecule has 0 radical (unpaired) electrons. The lowest BCUT2D eigenvalue weighted by Gasteiger charge is -2.27. The lowest BCUT2D eigenvalue weighted by atomic mass is 10.0. The third kappa shape index (κ3) is 7.45. The van der Waals surface area contributed by atoms with E-state index in [-0.39, 0.29) is 23.3 Å². The second kappa shape index (κ2) is 16.5. The Morgan fingerprint density at radius 3 is 1.02 bits per heavy atom. The summed E-state index contributed by atoms with van der Waals surface area (Å²) in [5.41, 5.74) is 10.7. The second-order valence-corrected chi connectivity index (χ2v) is 15.2. The van der Waals surface area contributed by atoms with Gasteiger partial charge in [0.05, 0.1) is 11.4 Å². The molecule has 0 fully saturated rings. The normalized spacial score (nSPS) is 11.9. The molecule has 0 amide bonds. The Hall–Kier alpha value is -8.89. The van der Waals surface area contributed by atoms with E-state index in [1.807, 2.05) is 133 Å². The number of aromatic nitrogens is 9. The third-order valence-electron chi connectivity index (χ3n) is 10.9. The van der Waals surface area contributed by atoms with Crippen molar-refractivity contribution in [3.05, 3.63) is 205 Å². The first kappa shape index (κ1) is 38.1. The van der Waals surface area contributed by atoms with Crippen LogP contribution >= 0.6 is 0 Å². The molecule has 0 bridgehead atoms. The molecule has 10 heteroatoms. The molecule has 1 aliphatic rings. The molecule has 10 aromatic rings. The second-order valence-electron chi connectivity index (χ2n) is 15.2. The molecular formula is C54H36N10. The Morgan fingerprint density at radius 2 is 0.594 bits per heavy atom. The van der Waals surface area contributed by atoms with Gasteiger partial charge in [-0.05, 0) is 60.5 Å². The van der Waals surface area contributed by atoms with Gasteiger partial charge in [-0.2, -0.15) is 0 Å². The highest BCUT2D eigenvalue weighted by Gasteiger charge is 2.24. The van der Waals surface area contributed by atoms with Crippen LogP contribution in [0.25, 0.3) is 91.9 Å². The average Bonchev–Trinajstić information content (AvgIpc) is 3.50. The summed E-state index contributed by atoms with van der Waals surface area (Å²) >= 11 is 0. The first-order valence-electron chi connectivity index (χ1n) is 20.9. The van der Waals surface area contributed by atoms with Gasteiger partial charge in [-0.1, -0.05) is 158 Å². The molecule has 10 nitrogen and oxygen atoms in total. The molecular weight excluding hydrogens is 789 g/mol. The van der Waals surface area contributed by atoms with E-state index in [1.54, 1.807) is 0 Å². The number of hydrogen-bond donors (Lipinski definition) is 0. The molecule has 0 spiro atoms. The van der Waals surface area contributed by atoms with Gasteiger partial charge >= 0.3 is 0 Å². The van der Waals surface area contributed by atoms with Gasteiger partial charge < -0.3 is 4.90 Å². The van der Waals surface area contributed by atoms with Gasteiger partial charge in [0.15, 0.2) is 29.1 Å². The highest BCUT2D eigenvalue weighted by molar-refractivity contribution is 5.97. The van der Waals surface area contributed by atoms with Crippen molar-refractivity contribution in [1.29, 1.82) is 0 Å². The Kier molecular flexibility index (Phi) is 9.83. The van der Waals surface area contributed by atoms with Crippen LogP contribution in [0, 0.1) is 0 Å². The van der Waals surface area contributed by atoms with E-state index in [2.05, 4.69) is 78.6 Å². The molecule has 7 aromatic carbocycles. The van der Waals surface area contributed by atoms with Gasteiger partial charge in [-0.25, -0.2) is 44.9 Å². The monoisotopic (exact) mass is 824 g/mol. The highest BCUT2D eigenvalue weighted by Crippen LogP contribution is 2.44. The van der Waals surface area contributed by atoms with Crippen molar-refractivity contribution in [3.8, 4) is 80.2 Å². The zero-order valence-corrected chi connectivity index (χ0v) is 34.5. The van der Waals surface area contributed by atoms with Crippen LogP contribution in [0.1, 0.15) is 18.1 Å². The smallest absolute Gasteiger partial charge is 0.202 e. The predicted octanol–water partition coefficient (Wildman–Crippen LogP) is 12.3. The molecule has 3 aromatic heterocycles. The summed E-state index contributed by atoms with van der Waals surface area (Å²) in [6, 6.07) is 64.5. The van der Waals surface area contributed by atoms with E-state index >= 15 is 0 Å². The number of nitrogens with zero attached hydrogens (tertiary/aromatic N) is 10. The van der Waals surface area contributed by atoms with Gasteiger partial charge in [0.1, 0.15) is 0 Å². The Balaban J connectivity index is 1.11. The van der Waals surface area contributed by atoms with Crippen molar-refractivity contribution < 1.29 is 0 Å². The third-order valence-corrected chi connectivity index (χ3v) is 10.9. The van der Waals surface area contributed by atoms with Crippen LogP contribution in [0.3, 0.4) is 0 Å². The molecule has 0 aliphatic carbocycles. The Labute approximate surface area is 369 Å². The maximum absolute atomic E-state index is 5.10. The molecule has 11 rings (SSSR count). The van der Waals surface area contributed by atoms with E-state index < -0.39 is 0 Å². The maximum atomic E-state index is 5.10. The van der Waals surface area contributed by atoms with Crippen LogP contribution < -0.4 is 4.90 Å². The molecule has 64 heavy (non-hydrogen) atoms. The van der Waals surface area contributed by atoms with Gasteiger partial charge in [0.2, 0.25) is 23.3 Å².